The van der Waals surface area contributed by atoms with Gasteiger partial charge in [0, 0.05) is 16.4 Å². The molecule has 0 saturated carbocycles. The first-order chi connectivity index (χ1) is 13.3. The fourth-order valence-corrected chi connectivity index (χ4v) is 4.30. The number of hydrogen-bond acceptors (Lipinski definition) is 4. The number of rotatable bonds is 7. The largest absolute Gasteiger partial charge is 0.395 e. The van der Waals surface area contributed by atoms with Crippen molar-refractivity contribution in [1.82, 2.24) is 14.9 Å². The number of benzene rings is 2. The van der Waals surface area contributed by atoms with Crippen LogP contribution in [-0.2, 0) is 13.1 Å². The van der Waals surface area contributed by atoms with E-state index in [1.54, 1.807) is 11.3 Å². The Bertz CT molecular complexity index is 1010. The van der Waals surface area contributed by atoms with Gasteiger partial charge in [-0.1, -0.05) is 48.0 Å². The first-order valence-electron chi connectivity index (χ1n) is 8.83. The van der Waals surface area contributed by atoms with Gasteiger partial charge in [-0.05, 0) is 35.2 Å². The average molecular weight is 398 g/mol. The lowest BCUT2D eigenvalue weighted by atomic mass is 10.1. The Balaban J connectivity index is 1.65. The molecule has 2 aromatic carbocycles. The number of hydrogen-bond donors (Lipinski definition) is 2. The third kappa shape index (κ3) is 3.92. The Hall–Kier alpha value is -2.18. The van der Waals surface area contributed by atoms with Crippen LogP contribution in [0.2, 0.25) is 5.02 Å². The zero-order valence-electron chi connectivity index (χ0n) is 14.7. The van der Waals surface area contributed by atoms with Crippen molar-refractivity contribution >= 4 is 34.0 Å². The molecular formula is C21H20ClN3OS. The van der Waals surface area contributed by atoms with Crippen LogP contribution in [0.3, 0.4) is 0 Å². The monoisotopic (exact) mass is 397 g/mol. The number of imidazole rings is 1. The van der Waals surface area contributed by atoms with Crippen molar-refractivity contribution in [3.05, 3.63) is 87.3 Å². The van der Waals surface area contributed by atoms with Gasteiger partial charge in [-0.3, -0.25) is 5.32 Å². The molecule has 6 heteroatoms. The highest BCUT2D eigenvalue weighted by Gasteiger charge is 2.17. The molecule has 2 N–H and O–H groups in total. The van der Waals surface area contributed by atoms with Crippen molar-refractivity contribution in [2.75, 3.05) is 6.61 Å². The average Bonchev–Trinajstić information content (AvgIpc) is 3.32. The summed E-state index contributed by atoms with van der Waals surface area (Å²) < 4.78 is 2.03. The van der Waals surface area contributed by atoms with Gasteiger partial charge in [0.15, 0.2) is 0 Å². The molecule has 0 bridgehead atoms. The van der Waals surface area contributed by atoms with Crippen LogP contribution < -0.4 is 5.32 Å². The summed E-state index contributed by atoms with van der Waals surface area (Å²) in [6, 6.07) is 20.4. The van der Waals surface area contributed by atoms with Crippen LogP contribution >= 0.6 is 22.9 Å². The lowest BCUT2D eigenvalue weighted by molar-refractivity contribution is 0.275. The Morgan fingerprint density at radius 1 is 1.11 bits per heavy atom. The standard InChI is InChI=1S/C21H20ClN3OS/c22-16-8-9-17-18(13-16)25(10-11-26)20(24-17)14-23-21(19-7-4-12-27-19)15-5-2-1-3-6-15/h1-9,12-13,21,23,26H,10-11,14H2. The van der Waals surface area contributed by atoms with E-state index in [4.69, 9.17) is 16.6 Å². The van der Waals surface area contributed by atoms with Gasteiger partial charge in [0.2, 0.25) is 0 Å². The molecule has 2 heterocycles. The number of aromatic nitrogens is 2. The number of halogens is 1. The van der Waals surface area contributed by atoms with E-state index in [1.807, 2.05) is 28.8 Å². The quantitative estimate of drug-likeness (QED) is 0.478. The molecular weight excluding hydrogens is 378 g/mol. The molecule has 2 aromatic heterocycles. The molecule has 27 heavy (non-hydrogen) atoms. The minimum absolute atomic E-state index is 0.0536. The van der Waals surface area contributed by atoms with E-state index in [-0.39, 0.29) is 12.6 Å². The molecule has 4 nitrogen and oxygen atoms in total. The predicted octanol–water partition coefficient (Wildman–Crippen LogP) is 4.62. The second kappa shape index (κ2) is 8.23. The van der Waals surface area contributed by atoms with Gasteiger partial charge in [0.25, 0.3) is 0 Å². The zero-order valence-corrected chi connectivity index (χ0v) is 16.2. The summed E-state index contributed by atoms with van der Waals surface area (Å²) >= 11 is 7.89. The molecule has 0 saturated heterocycles. The number of nitrogens with zero attached hydrogens (tertiary/aromatic N) is 2. The topological polar surface area (TPSA) is 50.1 Å². The van der Waals surface area contributed by atoms with Gasteiger partial charge >= 0.3 is 0 Å². The van der Waals surface area contributed by atoms with E-state index in [1.165, 1.54) is 10.4 Å². The van der Waals surface area contributed by atoms with Crippen molar-refractivity contribution in [3.63, 3.8) is 0 Å². The summed E-state index contributed by atoms with van der Waals surface area (Å²) in [5.41, 5.74) is 3.05. The molecule has 4 aromatic rings. The maximum absolute atomic E-state index is 9.50. The van der Waals surface area contributed by atoms with Crippen LogP contribution in [-0.4, -0.2) is 21.3 Å². The predicted molar refractivity (Wildman–Crippen MR) is 111 cm³/mol. The molecule has 1 unspecified atom stereocenters. The zero-order chi connectivity index (χ0) is 18.6. The summed E-state index contributed by atoms with van der Waals surface area (Å²) in [4.78, 5) is 6.01. The van der Waals surface area contributed by atoms with Crippen LogP contribution in [0.25, 0.3) is 11.0 Å². The summed E-state index contributed by atoms with van der Waals surface area (Å²) in [5.74, 6) is 0.888. The highest BCUT2D eigenvalue weighted by atomic mass is 35.5. The minimum atomic E-state index is 0.0536. The van der Waals surface area contributed by atoms with Gasteiger partial charge < -0.3 is 9.67 Å². The van der Waals surface area contributed by atoms with Crippen LogP contribution in [0.4, 0.5) is 0 Å². The first-order valence-corrected chi connectivity index (χ1v) is 10.1. The summed E-state index contributed by atoms with van der Waals surface area (Å²) in [5, 5.41) is 15.9. The molecule has 0 radical (unpaired) electrons. The molecule has 0 fully saturated rings. The Morgan fingerprint density at radius 2 is 1.96 bits per heavy atom. The maximum Gasteiger partial charge on any atom is 0.123 e. The second-order valence-electron chi connectivity index (χ2n) is 6.28. The van der Waals surface area contributed by atoms with Gasteiger partial charge in [0.05, 0.1) is 30.2 Å². The number of nitrogens with one attached hydrogen (secondary N) is 1. The maximum atomic E-state index is 9.50. The highest BCUT2D eigenvalue weighted by Crippen LogP contribution is 2.27. The van der Waals surface area contributed by atoms with E-state index in [0.29, 0.717) is 18.1 Å². The molecule has 138 valence electrons. The number of thiophene rings is 1. The Morgan fingerprint density at radius 3 is 2.70 bits per heavy atom. The Kier molecular flexibility index (Phi) is 5.55. The first kappa shape index (κ1) is 18.2. The van der Waals surface area contributed by atoms with Gasteiger partial charge in [-0.15, -0.1) is 11.3 Å². The summed E-state index contributed by atoms with van der Waals surface area (Å²) in [7, 11) is 0. The number of aliphatic hydroxyl groups excluding tert-OH is 1. The summed E-state index contributed by atoms with van der Waals surface area (Å²) in [6.07, 6.45) is 0. The third-order valence-electron chi connectivity index (χ3n) is 4.54. The molecule has 1 atom stereocenters. The van der Waals surface area contributed by atoms with E-state index in [2.05, 4.69) is 47.1 Å². The normalized spacial score (nSPS) is 12.5. The fraction of sp³-hybridized carbons (Fsp3) is 0.190. The van der Waals surface area contributed by atoms with E-state index in [0.717, 1.165) is 16.9 Å². The van der Waals surface area contributed by atoms with Crippen LogP contribution in [0.1, 0.15) is 22.3 Å². The van der Waals surface area contributed by atoms with E-state index in [9.17, 15) is 5.11 Å². The lowest BCUT2D eigenvalue weighted by Gasteiger charge is -2.18. The van der Waals surface area contributed by atoms with Crippen molar-refractivity contribution < 1.29 is 5.11 Å². The molecule has 4 rings (SSSR count). The SMILES string of the molecule is OCCn1c(CNC(c2ccccc2)c2cccs2)nc2ccc(Cl)cc21. The van der Waals surface area contributed by atoms with Gasteiger partial charge in [-0.2, -0.15) is 0 Å². The smallest absolute Gasteiger partial charge is 0.123 e. The molecule has 0 spiro atoms. The lowest BCUT2D eigenvalue weighted by Crippen LogP contribution is -2.23. The Labute approximate surface area is 167 Å². The molecule has 0 aliphatic carbocycles. The van der Waals surface area contributed by atoms with E-state index < -0.39 is 0 Å². The van der Waals surface area contributed by atoms with Crippen molar-refractivity contribution in [2.45, 2.75) is 19.1 Å². The van der Waals surface area contributed by atoms with Crippen molar-refractivity contribution in [3.8, 4) is 0 Å². The number of aliphatic hydroxyl groups is 1. The molecule has 0 amide bonds. The number of fused-ring (bicyclic) bond motifs is 1. The minimum Gasteiger partial charge on any atom is -0.395 e. The fourth-order valence-electron chi connectivity index (χ4n) is 3.31. The van der Waals surface area contributed by atoms with Crippen molar-refractivity contribution in [2.24, 2.45) is 0 Å². The van der Waals surface area contributed by atoms with Crippen LogP contribution in [0.5, 0.6) is 0 Å². The summed E-state index contributed by atoms with van der Waals surface area (Å²) in [6.45, 7) is 1.13. The molecule has 0 aliphatic rings. The second-order valence-corrected chi connectivity index (χ2v) is 7.69. The van der Waals surface area contributed by atoms with Crippen LogP contribution in [0, 0.1) is 0 Å². The van der Waals surface area contributed by atoms with Gasteiger partial charge in [0.1, 0.15) is 5.82 Å². The van der Waals surface area contributed by atoms with Gasteiger partial charge in [-0.25, -0.2) is 4.98 Å². The third-order valence-corrected chi connectivity index (χ3v) is 5.71. The van der Waals surface area contributed by atoms with Crippen LogP contribution in [0.15, 0.2) is 66.0 Å². The van der Waals surface area contributed by atoms with Crippen molar-refractivity contribution in [1.29, 1.82) is 0 Å². The highest BCUT2D eigenvalue weighted by molar-refractivity contribution is 7.10. The van der Waals surface area contributed by atoms with E-state index >= 15 is 0 Å². The molecule has 0 aliphatic heterocycles.